The molecule has 0 bridgehead atoms. The van der Waals surface area contributed by atoms with Crippen LogP contribution in [0.15, 0.2) is 73.1 Å². The number of rotatable bonds is 8. The van der Waals surface area contributed by atoms with Gasteiger partial charge in [-0.25, -0.2) is 0 Å². The van der Waals surface area contributed by atoms with Crippen LogP contribution in [-0.2, 0) is 16.0 Å². The second-order valence-corrected chi connectivity index (χ2v) is 7.74. The predicted octanol–water partition coefficient (Wildman–Crippen LogP) is 4.29. The fourth-order valence-electron chi connectivity index (χ4n) is 3.54. The minimum absolute atomic E-state index is 0.256. The lowest BCUT2D eigenvalue weighted by molar-refractivity contribution is -0.146. The van der Waals surface area contributed by atoms with Crippen molar-refractivity contribution in [3.8, 4) is 11.1 Å². The van der Waals surface area contributed by atoms with E-state index in [1.807, 2.05) is 48.5 Å². The molecule has 6 heteroatoms. The van der Waals surface area contributed by atoms with Gasteiger partial charge < -0.3 is 15.5 Å². The molecule has 1 aromatic heterocycles. The van der Waals surface area contributed by atoms with E-state index in [9.17, 15) is 9.59 Å². The lowest BCUT2D eigenvalue weighted by Gasteiger charge is -2.23. The molecule has 2 N–H and O–H groups in total. The molecule has 32 heavy (non-hydrogen) atoms. The number of nitrogens with zero attached hydrogens (tertiary/aromatic N) is 1. The van der Waals surface area contributed by atoms with Crippen LogP contribution in [-0.4, -0.2) is 35.7 Å². The molecule has 3 rings (SSSR count). The highest BCUT2D eigenvalue weighted by atomic mass is 16.5. The Balaban J connectivity index is 1.72. The van der Waals surface area contributed by atoms with Crippen LogP contribution < -0.4 is 5.32 Å². The van der Waals surface area contributed by atoms with Crippen LogP contribution in [0.4, 0.5) is 0 Å². The average molecular weight is 430 g/mol. The topological polar surface area (TPSA) is 92.1 Å². The number of esters is 1. The molecule has 1 amide bonds. The second-order valence-electron chi connectivity index (χ2n) is 7.74. The maximum Gasteiger partial charge on any atom is 0.311 e. The van der Waals surface area contributed by atoms with Crippen molar-refractivity contribution in [1.29, 1.82) is 5.41 Å². The molecule has 6 nitrogen and oxygen atoms in total. The van der Waals surface area contributed by atoms with Crippen molar-refractivity contribution < 1.29 is 14.3 Å². The molecule has 0 aliphatic rings. The quantitative estimate of drug-likeness (QED) is 0.413. The molecule has 1 heterocycles. The Labute approximate surface area is 188 Å². The van der Waals surface area contributed by atoms with E-state index in [1.54, 1.807) is 38.4 Å². The molecule has 0 saturated heterocycles. The summed E-state index contributed by atoms with van der Waals surface area (Å²) in [6.45, 7) is 3.52. The zero-order valence-electron chi connectivity index (χ0n) is 18.5. The number of pyridine rings is 1. The van der Waals surface area contributed by atoms with Crippen molar-refractivity contribution >= 4 is 17.6 Å². The van der Waals surface area contributed by atoms with Crippen LogP contribution in [0.25, 0.3) is 11.1 Å². The van der Waals surface area contributed by atoms with Crippen LogP contribution in [0, 0.1) is 11.3 Å². The Bertz CT molecular complexity index is 1090. The number of nitrogens with one attached hydrogen (secondary N) is 2. The van der Waals surface area contributed by atoms with Crippen LogP contribution in [0.2, 0.25) is 0 Å². The minimum atomic E-state index is -0.556. The number of hydrogen-bond acceptors (Lipinski definition) is 5. The molecule has 3 aromatic rings. The first kappa shape index (κ1) is 22.9. The summed E-state index contributed by atoms with van der Waals surface area (Å²) in [5, 5.41) is 10.8. The lowest BCUT2D eigenvalue weighted by Crippen LogP contribution is -2.42. The molecule has 164 valence electrons. The van der Waals surface area contributed by atoms with Gasteiger partial charge in [-0.2, -0.15) is 0 Å². The molecule has 0 fully saturated rings. The lowest BCUT2D eigenvalue weighted by atomic mass is 9.91. The van der Waals surface area contributed by atoms with E-state index >= 15 is 0 Å². The summed E-state index contributed by atoms with van der Waals surface area (Å²) < 4.78 is 5.00. The molecule has 1 unspecified atom stereocenters. The first-order valence-electron chi connectivity index (χ1n) is 10.4. The van der Waals surface area contributed by atoms with Crippen LogP contribution >= 0.6 is 0 Å². The molecule has 0 saturated carbocycles. The predicted molar refractivity (Wildman–Crippen MR) is 125 cm³/mol. The van der Waals surface area contributed by atoms with E-state index in [1.165, 1.54) is 7.11 Å². The van der Waals surface area contributed by atoms with Gasteiger partial charge in [0.1, 0.15) is 0 Å². The first-order chi connectivity index (χ1) is 15.4. The van der Waals surface area contributed by atoms with Crippen LogP contribution in [0.3, 0.4) is 0 Å². The van der Waals surface area contributed by atoms with Crippen molar-refractivity contribution in [3.05, 3.63) is 89.7 Å². The molecule has 2 aromatic carbocycles. The maximum atomic E-state index is 12.8. The Morgan fingerprint density at radius 1 is 1.03 bits per heavy atom. The molecule has 0 radical (unpaired) electrons. The van der Waals surface area contributed by atoms with Gasteiger partial charge in [-0.15, -0.1) is 0 Å². The SMILES string of the molecule is COC(=O)[C@H](Cc1cccc(C(C)=N)c1)C(C)NC(=O)c1ccc(-c2cccnc2)cc1. The Hall–Kier alpha value is -3.80. The van der Waals surface area contributed by atoms with Gasteiger partial charge >= 0.3 is 5.97 Å². The summed E-state index contributed by atoms with van der Waals surface area (Å²) in [7, 11) is 1.35. The van der Waals surface area contributed by atoms with Gasteiger partial charge in [-0.3, -0.25) is 14.6 Å². The molecule has 2 atom stereocenters. The van der Waals surface area contributed by atoms with Gasteiger partial charge in [0, 0.05) is 29.7 Å². The summed E-state index contributed by atoms with van der Waals surface area (Å²) in [6, 6.07) is 18.2. The summed E-state index contributed by atoms with van der Waals surface area (Å²) in [6.07, 6.45) is 3.88. The van der Waals surface area contributed by atoms with Gasteiger partial charge in [0.2, 0.25) is 0 Å². The third-order valence-electron chi connectivity index (χ3n) is 5.42. The molecule has 0 aliphatic heterocycles. The maximum absolute atomic E-state index is 12.8. The van der Waals surface area contributed by atoms with E-state index in [2.05, 4.69) is 10.3 Å². The summed E-state index contributed by atoms with van der Waals surface area (Å²) in [5.41, 5.74) is 4.62. The zero-order valence-corrected chi connectivity index (χ0v) is 18.5. The highest BCUT2D eigenvalue weighted by Gasteiger charge is 2.28. The van der Waals surface area contributed by atoms with E-state index in [-0.39, 0.29) is 11.9 Å². The second kappa shape index (κ2) is 10.5. The van der Waals surface area contributed by atoms with Crippen molar-refractivity contribution in [3.63, 3.8) is 0 Å². The number of hydrogen-bond donors (Lipinski definition) is 2. The smallest absolute Gasteiger partial charge is 0.311 e. The van der Waals surface area contributed by atoms with E-state index in [0.29, 0.717) is 17.7 Å². The van der Waals surface area contributed by atoms with E-state index in [0.717, 1.165) is 22.3 Å². The Morgan fingerprint density at radius 2 is 1.78 bits per heavy atom. The van der Waals surface area contributed by atoms with Crippen LogP contribution in [0.5, 0.6) is 0 Å². The fourth-order valence-corrected chi connectivity index (χ4v) is 3.54. The van der Waals surface area contributed by atoms with Crippen molar-refractivity contribution in [1.82, 2.24) is 10.3 Å². The first-order valence-corrected chi connectivity index (χ1v) is 10.4. The molecular formula is C26H27N3O3. The van der Waals surface area contributed by atoms with E-state index < -0.39 is 12.0 Å². The summed E-state index contributed by atoms with van der Waals surface area (Å²) >= 11 is 0. The van der Waals surface area contributed by atoms with E-state index in [4.69, 9.17) is 10.1 Å². The monoisotopic (exact) mass is 429 g/mol. The van der Waals surface area contributed by atoms with Gasteiger partial charge in [-0.05, 0) is 66.8 Å². The number of amides is 1. The number of benzene rings is 2. The fraction of sp³-hybridized carbons (Fsp3) is 0.231. The minimum Gasteiger partial charge on any atom is -0.469 e. The number of ether oxygens (including phenoxy) is 1. The van der Waals surface area contributed by atoms with Crippen molar-refractivity contribution in [2.45, 2.75) is 26.3 Å². The Morgan fingerprint density at radius 3 is 2.41 bits per heavy atom. The third-order valence-corrected chi connectivity index (χ3v) is 5.42. The van der Waals surface area contributed by atoms with Gasteiger partial charge in [0.05, 0.1) is 13.0 Å². The summed E-state index contributed by atoms with van der Waals surface area (Å²) in [4.78, 5) is 29.4. The normalized spacial score (nSPS) is 12.5. The van der Waals surface area contributed by atoms with Crippen molar-refractivity contribution in [2.75, 3.05) is 7.11 Å². The Kier molecular flexibility index (Phi) is 7.49. The van der Waals surface area contributed by atoms with Gasteiger partial charge in [-0.1, -0.05) is 36.4 Å². The molecular weight excluding hydrogens is 402 g/mol. The summed E-state index contributed by atoms with van der Waals surface area (Å²) in [5.74, 6) is -1.20. The number of methoxy groups -OCH3 is 1. The van der Waals surface area contributed by atoms with Gasteiger partial charge in [0.15, 0.2) is 0 Å². The van der Waals surface area contributed by atoms with Crippen LogP contribution in [0.1, 0.15) is 35.3 Å². The number of aromatic nitrogens is 1. The largest absolute Gasteiger partial charge is 0.469 e. The third kappa shape index (κ3) is 5.66. The zero-order chi connectivity index (χ0) is 23.1. The highest BCUT2D eigenvalue weighted by Crippen LogP contribution is 2.20. The van der Waals surface area contributed by atoms with Gasteiger partial charge in [0.25, 0.3) is 5.91 Å². The molecule has 0 spiro atoms. The highest BCUT2D eigenvalue weighted by molar-refractivity contribution is 5.96. The standard InChI is InChI=1S/C26H27N3O3/c1-17(27)22-7-4-6-19(14-22)15-24(26(31)32-3)18(2)29-25(30)21-11-9-20(10-12-21)23-8-5-13-28-16-23/h4-14,16,18,24,27H,15H2,1-3H3,(H,29,30)/t18?,24-/m1/s1. The van der Waals surface area contributed by atoms with Crippen molar-refractivity contribution in [2.24, 2.45) is 5.92 Å². The molecule has 0 aliphatic carbocycles. The number of carbonyl (C=O) groups is 2. The number of carbonyl (C=O) groups excluding carboxylic acids is 2. The average Bonchev–Trinajstić information content (AvgIpc) is 2.82.